The standard InChI is InChI=1S/C14H20N2O4S/c1-3-20-14(17)10(2)15-11-6-8-13(9-7-11)21(18,19)16-12-4-5-12/h6-10,12,15-16H,3-5H2,1-2H3. The highest BCUT2D eigenvalue weighted by Crippen LogP contribution is 2.22. The molecule has 2 N–H and O–H groups in total. The smallest absolute Gasteiger partial charge is 0.328 e. The number of esters is 1. The molecule has 0 radical (unpaired) electrons. The van der Waals surface area contributed by atoms with Crippen molar-refractivity contribution in [3.63, 3.8) is 0 Å². The van der Waals surface area contributed by atoms with Gasteiger partial charge in [-0.2, -0.15) is 0 Å². The van der Waals surface area contributed by atoms with Crippen LogP contribution >= 0.6 is 0 Å². The van der Waals surface area contributed by atoms with Crippen LogP contribution in [0.25, 0.3) is 0 Å². The van der Waals surface area contributed by atoms with E-state index >= 15 is 0 Å². The van der Waals surface area contributed by atoms with Gasteiger partial charge in [-0.05, 0) is 51.0 Å². The highest BCUT2D eigenvalue weighted by atomic mass is 32.2. The first-order chi connectivity index (χ1) is 9.92. The van der Waals surface area contributed by atoms with E-state index in [0.717, 1.165) is 12.8 Å². The molecule has 1 aromatic rings. The minimum absolute atomic E-state index is 0.0802. The van der Waals surface area contributed by atoms with E-state index in [1.54, 1.807) is 26.0 Å². The number of nitrogens with one attached hydrogen (secondary N) is 2. The molecule has 1 aromatic carbocycles. The average molecular weight is 312 g/mol. The van der Waals surface area contributed by atoms with Crippen molar-refractivity contribution in [3.8, 4) is 0 Å². The van der Waals surface area contributed by atoms with E-state index in [2.05, 4.69) is 10.0 Å². The monoisotopic (exact) mass is 312 g/mol. The largest absolute Gasteiger partial charge is 0.464 e. The number of carbonyl (C=O) groups is 1. The first-order valence-corrected chi connectivity index (χ1v) is 8.46. The fourth-order valence-electron chi connectivity index (χ4n) is 1.80. The quantitative estimate of drug-likeness (QED) is 0.745. The normalized spacial score (nSPS) is 16.3. The second kappa shape index (κ2) is 6.44. The molecular weight excluding hydrogens is 292 g/mol. The van der Waals surface area contributed by atoms with E-state index < -0.39 is 16.1 Å². The predicted octanol–water partition coefficient (Wildman–Crippen LogP) is 1.49. The maximum atomic E-state index is 12.0. The van der Waals surface area contributed by atoms with E-state index in [-0.39, 0.29) is 16.9 Å². The van der Waals surface area contributed by atoms with Crippen molar-refractivity contribution in [2.45, 2.75) is 43.7 Å². The molecule has 0 heterocycles. The SMILES string of the molecule is CCOC(=O)C(C)Nc1ccc(S(=O)(=O)NC2CC2)cc1. The Labute approximate surface area is 124 Å². The molecule has 0 amide bonds. The summed E-state index contributed by atoms with van der Waals surface area (Å²) in [6.07, 6.45) is 1.80. The Morgan fingerprint density at radius 2 is 1.95 bits per heavy atom. The van der Waals surface area contributed by atoms with Gasteiger partial charge >= 0.3 is 5.97 Å². The Morgan fingerprint density at radius 1 is 1.33 bits per heavy atom. The fraction of sp³-hybridized carbons (Fsp3) is 0.500. The lowest BCUT2D eigenvalue weighted by atomic mass is 10.2. The zero-order valence-electron chi connectivity index (χ0n) is 12.1. The molecule has 7 heteroatoms. The van der Waals surface area contributed by atoms with E-state index in [0.29, 0.717) is 12.3 Å². The van der Waals surface area contributed by atoms with E-state index in [1.807, 2.05) is 0 Å². The van der Waals surface area contributed by atoms with Gasteiger partial charge in [0.15, 0.2) is 0 Å². The van der Waals surface area contributed by atoms with Crippen molar-refractivity contribution in [2.24, 2.45) is 0 Å². The van der Waals surface area contributed by atoms with Gasteiger partial charge in [0.05, 0.1) is 11.5 Å². The molecule has 0 aliphatic heterocycles. The summed E-state index contributed by atoms with van der Waals surface area (Å²) in [5, 5.41) is 2.97. The van der Waals surface area contributed by atoms with Crippen LogP contribution in [-0.4, -0.2) is 33.1 Å². The zero-order valence-corrected chi connectivity index (χ0v) is 12.9. The van der Waals surface area contributed by atoms with Crippen LogP contribution in [0.1, 0.15) is 26.7 Å². The van der Waals surface area contributed by atoms with Gasteiger partial charge in [0.1, 0.15) is 6.04 Å². The van der Waals surface area contributed by atoms with Crippen LogP contribution in [0.15, 0.2) is 29.2 Å². The van der Waals surface area contributed by atoms with Crippen LogP contribution in [0.2, 0.25) is 0 Å². The molecule has 1 unspecified atom stereocenters. The number of carbonyl (C=O) groups excluding carboxylic acids is 1. The number of rotatable bonds is 7. The van der Waals surface area contributed by atoms with Gasteiger partial charge in [-0.1, -0.05) is 0 Å². The summed E-state index contributed by atoms with van der Waals surface area (Å²) >= 11 is 0. The molecular formula is C14H20N2O4S. The number of sulfonamides is 1. The number of benzene rings is 1. The first kappa shape index (κ1) is 15.8. The summed E-state index contributed by atoms with van der Waals surface area (Å²) < 4.78 is 31.5. The second-order valence-corrected chi connectivity index (χ2v) is 6.75. The van der Waals surface area contributed by atoms with Crippen molar-refractivity contribution in [3.05, 3.63) is 24.3 Å². The van der Waals surface area contributed by atoms with Crippen LogP contribution in [0.3, 0.4) is 0 Å². The molecule has 0 saturated heterocycles. The predicted molar refractivity (Wildman–Crippen MR) is 79.5 cm³/mol. The molecule has 6 nitrogen and oxygen atoms in total. The number of hydrogen-bond donors (Lipinski definition) is 2. The third-order valence-corrected chi connectivity index (χ3v) is 4.62. The summed E-state index contributed by atoms with van der Waals surface area (Å²) in [6.45, 7) is 3.77. The van der Waals surface area contributed by atoms with Crippen LogP contribution in [-0.2, 0) is 19.6 Å². The maximum absolute atomic E-state index is 12.0. The molecule has 0 aromatic heterocycles. The van der Waals surface area contributed by atoms with Gasteiger partial charge in [0, 0.05) is 11.7 Å². The van der Waals surface area contributed by atoms with Crippen molar-refractivity contribution in [1.82, 2.24) is 4.72 Å². The van der Waals surface area contributed by atoms with E-state index in [1.165, 1.54) is 12.1 Å². The molecule has 116 valence electrons. The summed E-state index contributed by atoms with van der Waals surface area (Å²) in [6, 6.07) is 5.90. The van der Waals surface area contributed by atoms with Crippen LogP contribution in [0, 0.1) is 0 Å². The van der Waals surface area contributed by atoms with Gasteiger partial charge in [-0.3, -0.25) is 0 Å². The van der Waals surface area contributed by atoms with Gasteiger partial charge < -0.3 is 10.1 Å². The Morgan fingerprint density at radius 3 is 2.48 bits per heavy atom. The topological polar surface area (TPSA) is 84.5 Å². The van der Waals surface area contributed by atoms with Gasteiger partial charge in [0.25, 0.3) is 0 Å². The van der Waals surface area contributed by atoms with Crippen LogP contribution in [0.4, 0.5) is 5.69 Å². The summed E-state index contributed by atoms with van der Waals surface area (Å²) in [4.78, 5) is 11.7. The minimum Gasteiger partial charge on any atom is -0.464 e. The van der Waals surface area contributed by atoms with Crippen molar-refractivity contribution < 1.29 is 17.9 Å². The fourth-order valence-corrected chi connectivity index (χ4v) is 3.10. The maximum Gasteiger partial charge on any atom is 0.328 e. The van der Waals surface area contributed by atoms with Crippen molar-refractivity contribution >= 4 is 21.7 Å². The highest BCUT2D eigenvalue weighted by Gasteiger charge is 2.27. The van der Waals surface area contributed by atoms with Crippen molar-refractivity contribution in [1.29, 1.82) is 0 Å². The lowest BCUT2D eigenvalue weighted by Crippen LogP contribution is -2.28. The Bertz CT molecular complexity index is 594. The highest BCUT2D eigenvalue weighted by molar-refractivity contribution is 7.89. The molecule has 1 fully saturated rings. The molecule has 0 bridgehead atoms. The molecule has 2 rings (SSSR count). The van der Waals surface area contributed by atoms with Crippen LogP contribution in [0.5, 0.6) is 0 Å². The second-order valence-electron chi connectivity index (χ2n) is 5.04. The summed E-state index contributed by atoms with van der Waals surface area (Å²) in [5.41, 5.74) is 0.668. The number of anilines is 1. The minimum atomic E-state index is -3.44. The molecule has 1 aliphatic rings. The molecule has 0 spiro atoms. The van der Waals surface area contributed by atoms with E-state index in [9.17, 15) is 13.2 Å². The van der Waals surface area contributed by atoms with Crippen LogP contribution < -0.4 is 10.0 Å². The Balaban J connectivity index is 2.00. The zero-order chi connectivity index (χ0) is 15.5. The van der Waals surface area contributed by atoms with Gasteiger partial charge in [-0.15, -0.1) is 0 Å². The average Bonchev–Trinajstić information content (AvgIpc) is 3.23. The summed E-state index contributed by atoms with van der Waals surface area (Å²) in [7, 11) is -3.44. The van der Waals surface area contributed by atoms with Crippen molar-refractivity contribution in [2.75, 3.05) is 11.9 Å². The number of hydrogen-bond acceptors (Lipinski definition) is 5. The molecule has 1 aliphatic carbocycles. The third-order valence-electron chi connectivity index (χ3n) is 3.09. The lowest BCUT2D eigenvalue weighted by Gasteiger charge is -2.14. The van der Waals surface area contributed by atoms with Gasteiger partial charge in [0.2, 0.25) is 10.0 Å². The Hall–Kier alpha value is -1.60. The Kier molecular flexibility index (Phi) is 4.84. The summed E-state index contributed by atoms with van der Waals surface area (Å²) in [5.74, 6) is -0.343. The molecule has 1 saturated carbocycles. The first-order valence-electron chi connectivity index (χ1n) is 6.98. The molecule has 1 atom stereocenters. The van der Waals surface area contributed by atoms with Gasteiger partial charge in [-0.25, -0.2) is 17.9 Å². The lowest BCUT2D eigenvalue weighted by molar-refractivity contribution is -0.143. The third kappa shape index (κ3) is 4.44. The molecule has 21 heavy (non-hydrogen) atoms. The van der Waals surface area contributed by atoms with E-state index in [4.69, 9.17) is 4.74 Å². The number of ether oxygens (including phenoxy) is 1.